The molecule has 0 unspecified atom stereocenters. The molecular weight excluding hydrogens is 369 g/mol. The molecule has 0 atom stereocenters. The quantitative estimate of drug-likeness (QED) is 0.757. The summed E-state index contributed by atoms with van der Waals surface area (Å²) < 4.78 is 38.8. The van der Waals surface area contributed by atoms with Crippen molar-refractivity contribution in [1.29, 1.82) is 0 Å². The molecule has 5 nitrogen and oxygen atoms in total. The van der Waals surface area contributed by atoms with Crippen molar-refractivity contribution in [3.05, 3.63) is 46.9 Å². The van der Waals surface area contributed by atoms with Crippen LogP contribution in [0.4, 0.5) is 24.7 Å². The minimum absolute atomic E-state index is 0.122. The Morgan fingerprint density at radius 3 is 2.62 bits per heavy atom. The average Bonchev–Trinajstić information content (AvgIpc) is 2.55. The van der Waals surface area contributed by atoms with Crippen LogP contribution in [0.3, 0.4) is 0 Å². The van der Waals surface area contributed by atoms with E-state index in [1.165, 1.54) is 18.5 Å². The Morgan fingerprint density at radius 2 is 1.96 bits per heavy atom. The number of anilines is 2. The number of hydrogen-bond acceptors (Lipinski definition) is 4. The molecule has 0 radical (unpaired) electrons. The van der Waals surface area contributed by atoms with Gasteiger partial charge in [-0.3, -0.25) is 4.79 Å². The number of rotatable bonds is 6. The molecule has 1 aromatic carbocycles. The van der Waals surface area contributed by atoms with E-state index in [0.29, 0.717) is 12.5 Å². The molecule has 0 saturated carbocycles. The molecule has 0 aliphatic carbocycles. The molecule has 1 heterocycles. The van der Waals surface area contributed by atoms with Crippen molar-refractivity contribution in [2.45, 2.75) is 26.4 Å². The van der Waals surface area contributed by atoms with E-state index < -0.39 is 16.8 Å². The van der Waals surface area contributed by atoms with Gasteiger partial charge in [-0.2, -0.15) is 13.2 Å². The van der Waals surface area contributed by atoms with Crippen LogP contribution in [-0.2, 0) is 6.18 Å². The molecule has 0 bridgehead atoms. The molecule has 2 aromatic rings. The third kappa shape index (κ3) is 5.59. The van der Waals surface area contributed by atoms with Crippen LogP contribution < -0.4 is 10.6 Å². The van der Waals surface area contributed by atoms with E-state index in [-0.39, 0.29) is 23.1 Å². The molecule has 0 aliphatic heterocycles. The molecule has 1 amide bonds. The molecule has 2 N–H and O–H groups in total. The summed E-state index contributed by atoms with van der Waals surface area (Å²) in [6.45, 7) is 4.59. The monoisotopic (exact) mass is 386 g/mol. The smallest absolute Gasteiger partial charge is 0.351 e. The van der Waals surface area contributed by atoms with Gasteiger partial charge < -0.3 is 10.6 Å². The van der Waals surface area contributed by atoms with Crippen LogP contribution in [0, 0.1) is 5.92 Å². The number of aromatic nitrogens is 2. The predicted molar refractivity (Wildman–Crippen MR) is 93.6 cm³/mol. The molecule has 26 heavy (non-hydrogen) atoms. The van der Waals surface area contributed by atoms with Crippen molar-refractivity contribution in [3.8, 4) is 0 Å². The van der Waals surface area contributed by atoms with Gasteiger partial charge in [0.25, 0.3) is 5.91 Å². The summed E-state index contributed by atoms with van der Waals surface area (Å²) in [6.07, 6.45) is -2.57. The van der Waals surface area contributed by atoms with Gasteiger partial charge in [0.2, 0.25) is 0 Å². The van der Waals surface area contributed by atoms with E-state index in [1.54, 1.807) is 0 Å². The Hall–Kier alpha value is -2.35. The molecule has 9 heteroatoms. The third-order valence-electron chi connectivity index (χ3n) is 3.45. The molecular formula is C17H18ClF3N4O. The molecule has 140 valence electrons. The second-order valence-corrected chi connectivity index (χ2v) is 6.45. The summed E-state index contributed by atoms with van der Waals surface area (Å²) in [4.78, 5) is 19.9. The molecule has 0 saturated heterocycles. The van der Waals surface area contributed by atoms with Gasteiger partial charge in [-0.15, -0.1) is 0 Å². The summed E-state index contributed by atoms with van der Waals surface area (Å²) in [5, 5.41) is 5.07. The van der Waals surface area contributed by atoms with Crippen LogP contribution >= 0.6 is 11.6 Å². The fourth-order valence-electron chi connectivity index (χ4n) is 2.08. The van der Waals surface area contributed by atoms with Crippen molar-refractivity contribution >= 4 is 29.0 Å². The van der Waals surface area contributed by atoms with Crippen molar-refractivity contribution in [3.63, 3.8) is 0 Å². The van der Waals surface area contributed by atoms with Crippen molar-refractivity contribution in [2.24, 2.45) is 5.92 Å². The number of hydrogen-bond donors (Lipinski definition) is 2. The lowest BCUT2D eigenvalue weighted by Gasteiger charge is -2.12. The summed E-state index contributed by atoms with van der Waals surface area (Å²) in [5.74, 6) is 0.276. The maximum absolute atomic E-state index is 12.9. The number of amides is 1. The highest BCUT2D eigenvalue weighted by Crippen LogP contribution is 2.36. The Morgan fingerprint density at radius 1 is 1.23 bits per heavy atom. The first-order chi connectivity index (χ1) is 12.2. The molecule has 1 aromatic heterocycles. The van der Waals surface area contributed by atoms with Crippen molar-refractivity contribution in [2.75, 3.05) is 11.9 Å². The van der Waals surface area contributed by atoms with Crippen LogP contribution in [0.2, 0.25) is 5.02 Å². The van der Waals surface area contributed by atoms with Gasteiger partial charge in [0.1, 0.15) is 17.8 Å². The highest BCUT2D eigenvalue weighted by atomic mass is 35.5. The topological polar surface area (TPSA) is 66.9 Å². The predicted octanol–water partition coefficient (Wildman–Crippen LogP) is 4.67. The maximum atomic E-state index is 12.9. The molecule has 0 fully saturated rings. The number of carbonyl (C=O) groups excluding carboxylic acids is 1. The zero-order chi connectivity index (χ0) is 19.3. The summed E-state index contributed by atoms with van der Waals surface area (Å²) >= 11 is 5.59. The minimum atomic E-state index is -4.57. The van der Waals surface area contributed by atoms with Gasteiger partial charge in [0.15, 0.2) is 0 Å². The highest BCUT2D eigenvalue weighted by Gasteiger charge is 2.33. The zero-order valence-corrected chi connectivity index (χ0v) is 14.9. The first kappa shape index (κ1) is 20.0. The average molecular weight is 387 g/mol. The second kappa shape index (κ2) is 8.35. The largest absolute Gasteiger partial charge is 0.417 e. The Bertz CT molecular complexity index is 781. The number of nitrogens with one attached hydrogen (secondary N) is 2. The van der Waals surface area contributed by atoms with E-state index in [2.05, 4.69) is 20.6 Å². The van der Waals surface area contributed by atoms with Crippen LogP contribution in [0.1, 0.15) is 36.3 Å². The fourth-order valence-corrected chi connectivity index (χ4v) is 2.31. The van der Waals surface area contributed by atoms with Crippen LogP contribution in [0.25, 0.3) is 0 Å². The van der Waals surface area contributed by atoms with E-state index in [1.807, 2.05) is 13.8 Å². The van der Waals surface area contributed by atoms with E-state index >= 15 is 0 Å². The number of halogens is 4. The Kier molecular flexibility index (Phi) is 6.42. The first-order valence-corrected chi connectivity index (χ1v) is 8.28. The summed E-state index contributed by atoms with van der Waals surface area (Å²) in [5.41, 5.74) is -0.687. The SMILES string of the molecule is CC(C)CCNC(=O)c1cc(Nc2ccc(Cl)c(C(F)(F)F)c2)ncn1. The van der Waals surface area contributed by atoms with Crippen molar-refractivity contribution < 1.29 is 18.0 Å². The van der Waals surface area contributed by atoms with Gasteiger partial charge in [-0.1, -0.05) is 25.4 Å². The second-order valence-electron chi connectivity index (χ2n) is 6.04. The minimum Gasteiger partial charge on any atom is -0.351 e. The molecule has 0 spiro atoms. The lowest BCUT2D eigenvalue weighted by Crippen LogP contribution is -2.26. The zero-order valence-electron chi connectivity index (χ0n) is 14.2. The number of nitrogens with zero attached hydrogens (tertiary/aromatic N) is 2. The van der Waals surface area contributed by atoms with E-state index in [0.717, 1.165) is 18.6 Å². The van der Waals surface area contributed by atoms with Gasteiger partial charge >= 0.3 is 6.18 Å². The van der Waals surface area contributed by atoms with Gasteiger partial charge in [-0.25, -0.2) is 9.97 Å². The normalized spacial score (nSPS) is 11.5. The number of alkyl halides is 3. The van der Waals surface area contributed by atoms with Crippen molar-refractivity contribution in [1.82, 2.24) is 15.3 Å². The van der Waals surface area contributed by atoms with Crippen LogP contribution in [0.5, 0.6) is 0 Å². The summed E-state index contributed by atoms with van der Waals surface area (Å²) in [6, 6.07) is 4.79. The maximum Gasteiger partial charge on any atom is 0.417 e. The van der Waals surface area contributed by atoms with Gasteiger partial charge in [0.05, 0.1) is 10.6 Å². The molecule has 0 aliphatic rings. The lowest BCUT2D eigenvalue weighted by atomic mass is 10.1. The first-order valence-electron chi connectivity index (χ1n) is 7.91. The van der Waals surface area contributed by atoms with Gasteiger partial charge in [-0.05, 0) is 30.5 Å². The van der Waals surface area contributed by atoms with E-state index in [4.69, 9.17) is 11.6 Å². The third-order valence-corrected chi connectivity index (χ3v) is 3.78. The number of carbonyl (C=O) groups is 1. The summed E-state index contributed by atoms with van der Waals surface area (Å²) in [7, 11) is 0. The fraction of sp³-hybridized carbons (Fsp3) is 0.353. The van der Waals surface area contributed by atoms with E-state index in [9.17, 15) is 18.0 Å². The number of benzene rings is 1. The molecule has 2 rings (SSSR count). The lowest BCUT2D eigenvalue weighted by molar-refractivity contribution is -0.137. The Balaban J connectivity index is 2.12. The van der Waals surface area contributed by atoms with Gasteiger partial charge in [0, 0.05) is 18.3 Å². The Labute approximate surface area is 154 Å². The standard InChI is InChI=1S/C17H18ClF3N4O/c1-10(2)5-6-22-16(26)14-8-15(24-9-23-14)25-11-3-4-13(18)12(7-11)17(19,20)21/h3-4,7-10H,5-6H2,1-2H3,(H,22,26)(H,23,24,25). The van der Waals surface area contributed by atoms with Crippen LogP contribution in [-0.4, -0.2) is 22.4 Å². The highest BCUT2D eigenvalue weighted by molar-refractivity contribution is 6.31. The van der Waals surface area contributed by atoms with Crippen LogP contribution in [0.15, 0.2) is 30.6 Å².